The van der Waals surface area contributed by atoms with E-state index in [1.54, 1.807) is 0 Å². The van der Waals surface area contributed by atoms with Crippen molar-refractivity contribution in [2.45, 2.75) is 83.1 Å². The fourth-order valence-electron chi connectivity index (χ4n) is 2.42. The van der Waals surface area contributed by atoms with Crippen molar-refractivity contribution in [3.05, 3.63) is 0 Å². The molecule has 0 heterocycles. The van der Waals surface area contributed by atoms with Crippen LogP contribution in [0.3, 0.4) is 0 Å². The van der Waals surface area contributed by atoms with Crippen LogP contribution in [0.1, 0.15) is 77.6 Å². The molecule has 0 aromatic heterocycles. The van der Waals surface area contributed by atoms with Gasteiger partial charge in [-0.3, -0.25) is 4.79 Å². The van der Waals surface area contributed by atoms with Crippen LogP contribution in [0.2, 0.25) is 0 Å². The summed E-state index contributed by atoms with van der Waals surface area (Å²) in [6, 6.07) is 0. The quantitative estimate of drug-likeness (QED) is 0.588. The van der Waals surface area contributed by atoms with Crippen molar-refractivity contribution in [1.82, 2.24) is 5.32 Å². The molecular formula is C15H30N2O. The van der Waals surface area contributed by atoms with Crippen molar-refractivity contribution < 1.29 is 4.79 Å². The fourth-order valence-corrected chi connectivity index (χ4v) is 2.42. The molecule has 106 valence electrons. The number of unbranched alkanes of at least 4 members (excludes halogenated alkanes) is 7. The number of amides is 1. The highest BCUT2D eigenvalue weighted by molar-refractivity contribution is 5.86. The van der Waals surface area contributed by atoms with Gasteiger partial charge in [0, 0.05) is 6.54 Å². The van der Waals surface area contributed by atoms with Gasteiger partial charge < -0.3 is 11.1 Å². The average molecular weight is 254 g/mol. The second-order valence-electron chi connectivity index (χ2n) is 5.74. The number of nitrogens with one attached hydrogen (secondary N) is 1. The highest BCUT2D eigenvalue weighted by atomic mass is 16.2. The van der Waals surface area contributed by atoms with Crippen LogP contribution in [-0.2, 0) is 4.79 Å². The monoisotopic (exact) mass is 254 g/mol. The minimum Gasteiger partial charge on any atom is -0.355 e. The molecule has 18 heavy (non-hydrogen) atoms. The van der Waals surface area contributed by atoms with E-state index in [4.69, 9.17) is 5.73 Å². The second-order valence-corrected chi connectivity index (χ2v) is 5.74. The minimum absolute atomic E-state index is 0.0664. The fraction of sp³-hybridized carbons (Fsp3) is 0.933. The first kappa shape index (κ1) is 15.5. The highest BCUT2D eigenvalue weighted by Gasteiger charge is 2.39. The number of nitrogens with two attached hydrogens (primary N) is 1. The maximum absolute atomic E-state index is 11.7. The molecule has 3 nitrogen and oxygen atoms in total. The molecule has 3 heteroatoms. The van der Waals surface area contributed by atoms with E-state index >= 15 is 0 Å². The summed E-state index contributed by atoms with van der Waals surface area (Å²) >= 11 is 0. The summed E-state index contributed by atoms with van der Waals surface area (Å²) in [6.07, 6.45) is 13.2. The van der Waals surface area contributed by atoms with E-state index < -0.39 is 5.54 Å². The Kier molecular flexibility index (Phi) is 7.33. The Morgan fingerprint density at radius 3 is 2.11 bits per heavy atom. The number of hydrogen-bond acceptors (Lipinski definition) is 2. The molecule has 0 atom stereocenters. The smallest absolute Gasteiger partial charge is 0.240 e. The molecule has 0 saturated heterocycles. The van der Waals surface area contributed by atoms with Crippen LogP contribution in [0.5, 0.6) is 0 Å². The number of carbonyl (C=O) groups is 1. The molecule has 1 rings (SSSR count). The molecule has 1 amide bonds. The van der Waals surface area contributed by atoms with E-state index in [1.165, 1.54) is 44.9 Å². The molecule has 1 fully saturated rings. The van der Waals surface area contributed by atoms with Gasteiger partial charge in [0.15, 0.2) is 0 Å². The lowest BCUT2D eigenvalue weighted by Crippen LogP contribution is -2.58. The first-order valence-corrected chi connectivity index (χ1v) is 7.76. The van der Waals surface area contributed by atoms with Crippen molar-refractivity contribution >= 4 is 5.91 Å². The van der Waals surface area contributed by atoms with Gasteiger partial charge in [-0.15, -0.1) is 0 Å². The van der Waals surface area contributed by atoms with Crippen molar-refractivity contribution in [2.75, 3.05) is 6.54 Å². The van der Waals surface area contributed by atoms with Gasteiger partial charge in [0.05, 0.1) is 5.54 Å². The summed E-state index contributed by atoms with van der Waals surface area (Å²) in [4.78, 5) is 11.7. The second kappa shape index (κ2) is 8.52. The van der Waals surface area contributed by atoms with E-state index in [9.17, 15) is 4.79 Å². The zero-order chi connectivity index (χ0) is 13.3. The largest absolute Gasteiger partial charge is 0.355 e. The van der Waals surface area contributed by atoms with E-state index in [0.717, 1.165) is 32.2 Å². The Bertz CT molecular complexity index is 237. The third-order valence-electron chi connectivity index (χ3n) is 4.01. The lowest BCUT2D eigenvalue weighted by molar-refractivity contribution is -0.129. The summed E-state index contributed by atoms with van der Waals surface area (Å²) < 4.78 is 0. The van der Waals surface area contributed by atoms with Crippen molar-refractivity contribution in [3.8, 4) is 0 Å². The molecule has 1 aliphatic rings. The van der Waals surface area contributed by atoms with E-state index in [2.05, 4.69) is 12.2 Å². The normalized spacial score (nSPS) is 17.2. The average Bonchev–Trinajstić information content (AvgIpc) is 2.33. The van der Waals surface area contributed by atoms with E-state index in [0.29, 0.717) is 0 Å². The maximum atomic E-state index is 11.7. The third-order valence-corrected chi connectivity index (χ3v) is 4.01. The van der Waals surface area contributed by atoms with Gasteiger partial charge in [-0.1, -0.05) is 51.9 Å². The molecule has 0 radical (unpaired) electrons. The molecule has 0 bridgehead atoms. The van der Waals surface area contributed by atoms with Crippen LogP contribution in [0.15, 0.2) is 0 Å². The standard InChI is InChI=1S/C15H30N2O/c1-2-3-4-5-6-7-8-9-13-17-14(18)15(16)11-10-12-15/h2-13,16H2,1H3,(H,17,18). The Balaban J connectivity index is 1.85. The lowest BCUT2D eigenvalue weighted by Gasteiger charge is -2.36. The van der Waals surface area contributed by atoms with Crippen LogP contribution >= 0.6 is 0 Å². The highest BCUT2D eigenvalue weighted by Crippen LogP contribution is 2.28. The summed E-state index contributed by atoms with van der Waals surface area (Å²) in [5.74, 6) is 0.0664. The summed E-state index contributed by atoms with van der Waals surface area (Å²) in [7, 11) is 0. The first-order chi connectivity index (χ1) is 8.69. The predicted molar refractivity (Wildman–Crippen MR) is 76.4 cm³/mol. The number of rotatable bonds is 10. The Morgan fingerprint density at radius 1 is 1.06 bits per heavy atom. The predicted octanol–water partition coefficient (Wildman–Crippen LogP) is 3.12. The van der Waals surface area contributed by atoms with Crippen LogP contribution in [0, 0.1) is 0 Å². The Morgan fingerprint density at radius 2 is 1.61 bits per heavy atom. The van der Waals surface area contributed by atoms with Gasteiger partial charge in [0.25, 0.3) is 0 Å². The molecular weight excluding hydrogens is 224 g/mol. The maximum Gasteiger partial charge on any atom is 0.240 e. The van der Waals surface area contributed by atoms with Gasteiger partial charge in [-0.25, -0.2) is 0 Å². The van der Waals surface area contributed by atoms with Crippen LogP contribution in [0.25, 0.3) is 0 Å². The molecule has 1 aliphatic carbocycles. The van der Waals surface area contributed by atoms with Crippen molar-refractivity contribution in [1.29, 1.82) is 0 Å². The summed E-state index contributed by atoms with van der Waals surface area (Å²) in [6.45, 7) is 3.04. The molecule has 0 aromatic carbocycles. The lowest BCUT2D eigenvalue weighted by atomic mass is 9.77. The molecule has 0 spiro atoms. The summed E-state index contributed by atoms with van der Waals surface area (Å²) in [5.41, 5.74) is 5.42. The first-order valence-electron chi connectivity index (χ1n) is 7.76. The molecule has 3 N–H and O–H groups in total. The van der Waals surface area contributed by atoms with Gasteiger partial charge >= 0.3 is 0 Å². The Hall–Kier alpha value is -0.570. The zero-order valence-corrected chi connectivity index (χ0v) is 12.0. The van der Waals surface area contributed by atoms with Gasteiger partial charge in [0.2, 0.25) is 5.91 Å². The van der Waals surface area contributed by atoms with Crippen molar-refractivity contribution in [2.24, 2.45) is 5.73 Å². The van der Waals surface area contributed by atoms with E-state index in [1.807, 2.05) is 0 Å². The molecule has 0 aromatic rings. The van der Waals surface area contributed by atoms with Gasteiger partial charge in [-0.05, 0) is 25.7 Å². The SMILES string of the molecule is CCCCCCCCCCNC(=O)C1(N)CCC1. The Labute approximate surface area is 112 Å². The number of carbonyl (C=O) groups excluding carboxylic acids is 1. The van der Waals surface area contributed by atoms with Crippen LogP contribution in [0.4, 0.5) is 0 Å². The zero-order valence-electron chi connectivity index (χ0n) is 12.0. The molecule has 1 saturated carbocycles. The molecule has 0 aliphatic heterocycles. The molecule has 0 unspecified atom stereocenters. The van der Waals surface area contributed by atoms with Gasteiger partial charge in [-0.2, -0.15) is 0 Å². The third kappa shape index (κ3) is 5.38. The van der Waals surface area contributed by atoms with E-state index in [-0.39, 0.29) is 5.91 Å². The van der Waals surface area contributed by atoms with Crippen LogP contribution in [-0.4, -0.2) is 18.0 Å². The summed E-state index contributed by atoms with van der Waals surface area (Å²) in [5, 5.41) is 2.97. The number of hydrogen-bond donors (Lipinski definition) is 2. The van der Waals surface area contributed by atoms with Crippen molar-refractivity contribution in [3.63, 3.8) is 0 Å². The van der Waals surface area contributed by atoms with Gasteiger partial charge in [0.1, 0.15) is 0 Å². The topological polar surface area (TPSA) is 55.1 Å². The van der Waals surface area contributed by atoms with Crippen LogP contribution < -0.4 is 11.1 Å². The minimum atomic E-state index is -0.528.